The van der Waals surface area contributed by atoms with Crippen molar-refractivity contribution in [2.75, 3.05) is 0 Å². The maximum absolute atomic E-state index is 10.5. The molecule has 0 radical (unpaired) electrons. The van der Waals surface area contributed by atoms with E-state index in [1.54, 1.807) is 0 Å². The summed E-state index contributed by atoms with van der Waals surface area (Å²) in [5, 5.41) is 7.89. The summed E-state index contributed by atoms with van der Waals surface area (Å²) >= 11 is 0. The molecule has 0 spiro atoms. The zero-order valence-corrected chi connectivity index (χ0v) is 10.9. The third-order valence-electron chi connectivity index (χ3n) is 1.44. The van der Waals surface area contributed by atoms with Gasteiger partial charge in [0.15, 0.2) is 0 Å². The van der Waals surface area contributed by atoms with E-state index in [0.29, 0.717) is 0 Å². The van der Waals surface area contributed by atoms with Gasteiger partial charge in [-0.25, -0.2) is 9.59 Å². The van der Waals surface area contributed by atoms with Gasteiger partial charge in [0.1, 0.15) is 0 Å². The summed E-state index contributed by atoms with van der Waals surface area (Å²) in [6.45, 7) is 9.15. The van der Waals surface area contributed by atoms with Crippen LogP contribution in [0.25, 0.3) is 0 Å². The Balaban J connectivity index is 0. The maximum atomic E-state index is 10.5. The summed E-state index contributed by atoms with van der Waals surface area (Å²) in [7, 11) is -4.31. The number of carboxylic acid groups (broad SMARTS) is 1. The van der Waals surface area contributed by atoms with Gasteiger partial charge in [0, 0.05) is 11.6 Å². The fourth-order valence-corrected chi connectivity index (χ4v) is 1.17. The number of carbonyl (C=O) groups is 2. The molecule has 104 valence electrons. The molecule has 18 heavy (non-hydrogen) atoms. The van der Waals surface area contributed by atoms with Crippen LogP contribution in [0.2, 0.25) is 0 Å². The first-order chi connectivity index (χ1) is 8.06. The van der Waals surface area contributed by atoms with E-state index in [1.807, 2.05) is 0 Å². The van der Waals surface area contributed by atoms with Crippen LogP contribution in [0.5, 0.6) is 0 Å². The van der Waals surface area contributed by atoms with Crippen LogP contribution in [0.15, 0.2) is 24.8 Å². The standard InChI is InChI=1S/C6H10O5S.C4H6O2/c1-3-5(7)11-6(4-2)12(8,9)10;1-3(2)4(5)6/h3,6H,1,4H2,2H3,(H,8,9,10);1H2,2H3,(H,5,6). The predicted molar refractivity (Wildman–Crippen MR) is 64.4 cm³/mol. The van der Waals surface area contributed by atoms with Crippen molar-refractivity contribution < 1.29 is 32.4 Å². The van der Waals surface area contributed by atoms with Crippen molar-refractivity contribution in [3.63, 3.8) is 0 Å². The third-order valence-corrected chi connectivity index (χ3v) is 2.54. The van der Waals surface area contributed by atoms with Gasteiger partial charge in [-0.3, -0.25) is 4.55 Å². The smallest absolute Gasteiger partial charge is 0.331 e. The van der Waals surface area contributed by atoms with E-state index in [-0.39, 0.29) is 12.0 Å². The molecular weight excluding hydrogens is 264 g/mol. The lowest BCUT2D eigenvalue weighted by Crippen LogP contribution is -2.25. The van der Waals surface area contributed by atoms with Gasteiger partial charge in [-0.1, -0.05) is 20.1 Å². The van der Waals surface area contributed by atoms with Crippen LogP contribution in [-0.4, -0.2) is 35.5 Å². The average Bonchev–Trinajstić information content (AvgIpc) is 2.24. The Bertz CT molecular complexity index is 410. The fraction of sp³-hybridized carbons (Fsp3) is 0.400. The van der Waals surface area contributed by atoms with E-state index in [9.17, 15) is 18.0 Å². The van der Waals surface area contributed by atoms with Crippen molar-refractivity contribution in [1.29, 1.82) is 0 Å². The molecule has 0 amide bonds. The summed E-state index contributed by atoms with van der Waals surface area (Å²) in [5.74, 6) is -1.81. The third kappa shape index (κ3) is 9.55. The zero-order valence-electron chi connectivity index (χ0n) is 10.1. The van der Waals surface area contributed by atoms with Crippen molar-refractivity contribution in [3.8, 4) is 0 Å². The van der Waals surface area contributed by atoms with E-state index in [4.69, 9.17) is 9.66 Å². The van der Waals surface area contributed by atoms with Crippen molar-refractivity contribution >= 4 is 22.1 Å². The molecule has 0 aromatic rings. The van der Waals surface area contributed by atoms with Crippen molar-refractivity contribution in [2.45, 2.75) is 25.7 Å². The van der Waals surface area contributed by atoms with Gasteiger partial charge < -0.3 is 9.84 Å². The van der Waals surface area contributed by atoms with Gasteiger partial charge in [0.05, 0.1) is 0 Å². The normalized spacial score (nSPS) is 11.5. The van der Waals surface area contributed by atoms with Crippen molar-refractivity contribution in [3.05, 3.63) is 24.8 Å². The predicted octanol–water partition coefficient (Wildman–Crippen LogP) is 0.987. The first-order valence-electron chi connectivity index (χ1n) is 4.74. The molecule has 0 aromatic carbocycles. The quantitative estimate of drug-likeness (QED) is 0.438. The lowest BCUT2D eigenvalue weighted by atomic mass is 10.4. The Hall–Kier alpha value is -1.67. The fourth-order valence-electron chi connectivity index (χ4n) is 0.532. The molecule has 8 heteroatoms. The summed E-state index contributed by atoms with van der Waals surface area (Å²) in [6.07, 6.45) is 0.826. The van der Waals surface area contributed by atoms with Gasteiger partial charge in [0.2, 0.25) is 5.44 Å². The van der Waals surface area contributed by atoms with Crippen LogP contribution in [0.1, 0.15) is 20.3 Å². The van der Waals surface area contributed by atoms with Crippen molar-refractivity contribution in [1.82, 2.24) is 0 Å². The molecule has 0 aliphatic heterocycles. The highest BCUT2D eigenvalue weighted by Gasteiger charge is 2.23. The zero-order chi connectivity index (χ0) is 14.9. The van der Waals surface area contributed by atoms with E-state index < -0.39 is 27.5 Å². The highest BCUT2D eigenvalue weighted by Crippen LogP contribution is 2.05. The van der Waals surface area contributed by atoms with Gasteiger partial charge in [-0.05, 0) is 13.3 Å². The number of hydrogen-bond acceptors (Lipinski definition) is 5. The summed E-state index contributed by atoms with van der Waals surface area (Å²) in [4.78, 5) is 20.1. The van der Waals surface area contributed by atoms with Crippen LogP contribution >= 0.6 is 0 Å². The molecule has 0 aliphatic rings. The summed E-state index contributed by atoms with van der Waals surface area (Å²) < 4.78 is 33.7. The molecule has 0 aliphatic carbocycles. The molecule has 2 N–H and O–H groups in total. The average molecular weight is 280 g/mol. The Labute approximate surface area is 106 Å². The van der Waals surface area contributed by atoms with Crippen molar-refractivity contribution in [2.24, 2.45) is 0 Å². The highest BCUT2D eigenvalue weighted by molar-refractivity contribution is 7.86. The molecule has 0 saturated heterocycles. The number of hydrogen-bond donors (Lipinski definition) is 2. The first kappa shape index (κ1) is 18.7. The number of carboxylic acids is 1. The number of aliphatic carboxylic acids is 1. The second kappa shape index (κ2) is 8.43. The molecule has 1 atom stereocenters. The maximum Gasteiger partial charge on any atom is 0.331 e. The van der Waals surface area contributed by atoms with E-state index >= 15 is 0 Å². The van der Waals surface area contributed by atoms with Gasteiger partial charge >= 0.3 is 22.1 Å². The molecular formula is C10H16O7S. The SMILES string of the molecule is C=C(C)C(=O)O.C=CC(=O)OC(CC)S(=O)(=O)O. The number of carbonyl (C=O) groups excluding carboxylic acids is 1. The molecule has 7 nitrogen and oxygen atoms in total. The first-order valence-corrected chi connectivity index (χ1v) is 6.24. The van der Waals surface area contributed by atoms with Gasteiger partial charge in [0.25, 0.3) is 0 Å². The van der Waals surface area contributed by atoms with Crippen LogP contribution in [0.3, 0.4) is 0 Å². The number of esters is 1. The molecule has 0 bridgehead atoms. The molecule has 0 fully saturated rings. The molecule has 0 rings (SSSR count). The minimum Gasteiger partial charge on any atom is -0.478 e. The van der Waals surface area contributed by atoms with Crippen LogP contribution < -0.4 is 0 Å². The minimum absolute atomic E-state index is 0.00157. The molecule has 0 saturated carbocycles. The molecule has 1 unspecified atom stereocenters. The lowest BCUT2D eigenvalue weighted by molar-refractivity contribution is -0.139. The monoisotopic (exact) mass is 280 g/mol. The largest absolute Gasteiger partial charge is 0.478 e. The second-order valence-corrected chi connectivity index (χ2v) is 4.63. The Kier molecular flexibility index (Phi) is 8.75. The Morgan fingerprint density at radius 2 is 1.83 bits per heavy atom. The van der Waals surface area contributed by atoms with E-state index in [1.165, 1.54) is 13.8 Å². The highest BCUT2D eigenvalue weighted by atomic mass is 32.2. The molecule has 0 heterocycles. The van der Waals surface area contributed by atoms with Crippen LogP contribution in [-0.2, 0) is 24.4 Å². The number of ether oxygens (including phenoxy) is 1. The van der Waals surface area contributed by atoms with Crippen LogP contribution in [0, 0.1) is 0 Å². The van der Waals surface area contributed by atoms with Crippen LogP contribution in [0.4, 0.5) is 0 Å². The molecule has 0 aromatic heterocycles. The van der Waals surface area contributed by atoms with Gasteiger partial charge in [-0.15, -0.1) is 0 Å². The van der Waals surface area contributed by atoms with E-state index in [0.717, 1.165) is 6.08 Å². The number of rotatable bonds is 5. The second-order valence-electron chi connectivity index (χ2n) is 3.08. The van der Waals surface area contributed by atoms with E-state index in [2.05, 4.69) is 17.9 Å². The Morgan fingerprint density at radius 3 is 2.00 bits per heavy atom. The summed E-state index contributed by atoms with van der Waals surface area (Å²) in [5.41, 5.74) is -1.32. The lowest BCUT2D eigenvalue weighted by Gasteiger charge is -2.10. The topological polar surface area (TPSA) is 118 Å². The Morgan fingerprint density at radius 1 is 1.44 bits per heavy atom. The summed E-state index contributed by atoms with van der Waals surface area (Å²) in [6, 6.07) is 0. The van der Waals surface area contributed by atoms with Gasteiger partial charge in [-0.2, -0.15) is 8.42 Å². The minimum atomic E-state index is -4.31.